The van der Waals surface area contributed by atoms with Crippen LogP contribution in [0.2, 0.25) is 0 Å². The van der Waals surface area contributed by atoms with Crippen molar-refractivity contribution in [1.29, 1.82) is 0 Å². The van der Waals surface area contributed by atoms with Gasteiger partial charge in [0, 0.05) is 50.5 Å². The van der Waals surface area contributed by atoms with Gasteiger partial charge in [0.25, 0.3) is 0 Å². The summed E-state index contributed by atoms with van der Waals surface area (Å²) in [6, 6.07) is 1.77. The van der Waals surface area contributed by atoms with Crippen molar-refractivity contribution in [3.05, 3.63) is 39.9 Å². The number of carboxylic acids is 1. The third-order valence-electron chi connectivity index (χ3n) is 6.21. The number of rotatable bonds is 10. The van der Waals surface area contributed by atoms with Gasteiger partial charge in [-0.1, -0.05) is 13.3 Å². The predicted molar refractivity (Wildman–Crippen MR) is 128 cm³/mol. The highest BCUT2D eigenvalue weighted by molar-refractivity contribution is 7.08. The highest BCUT2D eigenvalue weighted by atomic mass is 32.1. The van der Waals surface area contributed by atoms with Crippen LogP contribution in [0.3, 0.4) is 0 Å². The number of pyridine rings is 2. The van der Waals surface area contributed by atoms with Gasteiger partial charge < -0.3 is 14.7 Å². The Labute approximate surface area is 200 Å². The van der Waals surface area contributed by atoms with Gasteiger partial charge in [-0.15, -0.1) is 0 Å². The zero-order valence-electron chi connectivity index (χ0n) is 19.4. The van der Waals surface area contributed by atoms with Crippen LogP contribution in [0.4, 0.5) is 5.82 Å². The molecule has 1 aliphatic heterocycles. The fourth-order valence-corrected chi connectivity index (χ4v) is 4.65. The molecule has 3 aromatic rings. The van der Waals surface area contributed by atoms with Crippen molar-refractivity contribution in [1.82, 2.24) is 18.9 Å². The minimum Gasteiger partial charge on any atom is -0.477 e. The average molecular weight is 486 g/mol. The molecule has 0 bridgehead atoms. The van der Waals surface area contributed by atoms with Gasteiger partial charge >= 0.3 is 5.97 Å². The van der Waals surface area contributed by atoms with Crippen LogP contribution < -0.4 is 10.3 Å². The Hall–Kier alpha value is -3.18. The molecule has 0 radical (unpaired) electrons. The number of aromatic carboxylic acids is 1. The summed E-state index contributed by atoms with van der Waals surface area (Å²) in [5, 5.41) is 10.2. The van der Waals surface area contributed by atoms with E-state index >= 15 is 0 Å². The second-order valence-electron chi connectivity index (χ2n) is 8.47. The maximum atomic E-state index is 12.9. The molecule has 1 N–H and O–H groups in total. The van der Waals surface area contributed by atoms with Crippen LogP contribution >= 0.6 is 11.5 Å². The average Bonchev–Trinajstić information content (AvgIpc) is 3.30. The van der Waals surface area contributed by atoms with Crippen molar-refractivity contribution in [3.8, 4) is 5.13 Å². The number of carbonyl (C=O) groups excluding carboxylic acids is 1. The number of carboxylic acid groups (broad SMARTS) is 1. The van der Waals surface area contributed by atoms with Crippen LogP contribution in [-0.4, -0.2) is 62.1 Å². The van der Waals surface area contributed by atoms with Gasteiger partial charge in [-0.05, 0) is 31.4 Å². The van der Waals surface area contributed by atoms with Crippen molar-refractivity contribution in [3.63, 3.8) is 0 Å². The Bertz CT molecular complexity index is 1270. The SMILES string of the molecule is CCOCC(CC)CC(=O)C1CN(c2cc(C)c3c(=O)c(C(=O)O)cn(-c4ncns4)c3n2)C1. The maximum Gasteiger partial charge on any atom is 0.341 e. The minimum absolute atomic E-state index is 0.0618. The molecule has 10 nitrogen and oxygen atoms in total. The first-order valence-corrected chi connectivity index (χ1v) is 12.0. The largest absolute Gasteiger partial charge is 0.477 e. The van der Waals surface area contributed by atoms with E-state index in [-0.39, 0.29) is 28.6 Å². The molecular weight excluding hydrogens is 458 g/mol. The molecule has 1 aliphatic rings. The van der Waals surface area contributed by atoms with Gasteiger partial charge in [0.2, 0.25) is 10.6 Å². The van der Waals surface area contributed by atoms with Gasteiger partial charge in [0.15, 0.2) is 5.65 Å². The standard InChI is InChI=1S/C23H27N5O5S/c1-4-14(11-33-5-2)7-17(29)15-8-27(9-15)18-6-13(3)19-20(30)16(22(31)32)10-28(21(19)26-18)23-24-12-25-34-23/h6,10,12,14-15H,4-5,7-9,11H2,1-3H3,(H,31,32). The van der Waals surface area contributed by atoms with E-state index in [1.165, 1.54) is 17.1 Å². The second kappa shape index (κ2) is 9.98. The smallest absolute Gasteiger partial charge is 0.341 e. The van der Waals surface area contributed by atoms with Crippen molar-refractivity contribution in [2.45, 2.75) is 33.6 Å². The van der Waals surface area contributed by atoms with Crippen molar-refractivity contribution >= 4 is 40.1 Å². The van der Waals surface area contributed by atoms with Gasteiger partial charge in [-0.25, -0.2) is 14.8 Å². The second-order valence-corrected chi connectivity index (χ2v) is 9.23. The lowest BCUT2D eigenvalue weighted by atomic mass is 9.88. The molecule has 1 unspecified atom stereocenters. The van der Waals surface area contributed by atoms with E-state index in [1.54, 1.807) is 13.0 Å². The zero-order valence-corrected chi connectivity index (χ0v) is 20.2. The molecule has 4 heterocycles. The van der Waals surface area contributed by atoms with E-state index in [0.29, 0.717) is 54.9 Å². The van der Waals surface area contributed by atoms with Gasteiger partial charge in [-0.3, -0.25) is 14.2 Å². The molecule has 1 saturated heterocycles. The third kappa shape index (κ3) is 4.58. The Kier molecular flexibility index (Phi) is 7.03. The van der Waals surface area contributed by atoms with Gasteiger partial charge in [0.05, 0.1) is 11.3 Å². The molecule has 0 aromatic carbocycles. The highest BCUT2D eigenvalue weighted by Gasteiger charge is 2.34. The van der Waals surface area contributed by atoms with E-state index in [2.05, 4.69) is 16.3 Å². The van der Waals surface area contributed by atoms with Crippen molar-refractivity contribution in [2.75, 3.05) is 31.2 Å². The summed E-state index contributed by atoms with van der Waals surface area (Å²) in [5.74, 6) is -0.277. The van der Waals surface area contributed by atoms with E-state index in [0.717, 1.165) is 18.0 Å². The number of aryl methyl sites for hydroxylation is 1. The summed E-state index contributed by atoms with van der Waals surface area (Å²) in [5.41, 5.74) is -0.00734. The number of hydrogen-bond donors (Lipinski definition) is 1. The fraction of sp³-hybridized carbons (Fsp3) is 0.478. The van der Waals surface area contributed by atoms with Crippen molar-refractivity contribution < 1.29 is 19.4 Å². The molecule has 1 fully saturated rings. The molecular formula is C23H27N5O5S. The molecule has 0 spiro atoms. The van der Waals surface area contributed by atoms with Crippen LogP contribution in [-0.2, 0) is 9.53 Å². The Morgan fingerprint density at radius 2 is 2.09 bits per heavy atom. The van der Waals surface area contributed by atoms with Gasteiger partial charge in [0.1, 0.15) is 23.5 Å². The molecule has 11 heteroatoms. The van der Waals surface area contributed by atoms with Crippen molar-refractivity contribution in [2.24, 2.45) is 11.8 Å². The summed E-state index contributed by atoms with van der Waals surface area (Å²) in [7, 11) is 0. The third-order valence-corrected chi connectivity index (χ3v) is 6.88. The van der Waals surface area contributed by atoms with E-state index in [1.807, 2.05) is 11.8 Å². The number of Topliss-reactive ketones (excluding diaryl/α,β-unsaturated/α-hetero) is 1. The number of carbonyl (C=O) groups is 2. The Morgan fingerprint density at radius 1 is 1.32 bits per heavy atom. The van der Waals surface area contributed by atoms with E-state index < -0.39 is 11.4 Å². The first-order chi connectivity index (χ1) is 16.3. The minimum atomic E-state index is -1.31. The molecule has 3 aromatic heterocycles. The number of nitrogens with zero attached hydrogens (tertiary/aromatic N) is 5. The van der Waals surface area contributed by atoms with Crippen LogP contribution in [0, 0.1) is 18.8 Å². The summed E-state index contributed by atoms with van der Waals surface area (Å²) >= 11 is 1.07. The highest BCUT2D eigenvalue weighted by Crippen LogP contribution is 2.29. The zero-order chi connectivity index (χ0) is 24.4. The van der Waals surface area contributed by atoms with E-state index in [9.17, 15) is 19.5 Å². The maximum absolute atomic E-state index is 12.9. The molecule has 0 aliphatic carbocycles. The first-order valence-electron chi connectivity index (χ1n) is 11.3. The predicted octanol–water partition coefficient (Wildman–Crippen LogP) is 2.70. The van der Waals surface area contributed by atoms with Crippen LogP contribution in [0.5, 0.6) is 0 Å². The summed E-state index contributed by atoms with van der Waals surface area (Å²) in [4.78, 5) is 48.2. The Morgan fingerprint density at radius 3 is 2.71 bits per heavy atom. The van der Waals surface area contributed by atoms with Gasteiger partial charge in [-0.2, -0.15) is 4.37 Å². The summed E-state index contributed by atoms with van der Waals surface area (Å²) in [6.45, 7) is 8.12. The van der Waals surface area contributed by atoms with Crippen LogP contribution in [0.25, 0.3) is 16.2 Å². The molecule has 34 heavy (non-hydrogen) atoms. The lowest BCUT2D eigenvalue weighted by Crippen LogP contribution is -2.51. The normalized spacial score (nSPS) is 14.9. The number of ether oxygens (including phenoxy) is 1. The van der Waals surface area contributed by atoms with Crippen LogP contribution in [0.1, 0.15) is 42.6 Å². The molecule has 4 rings (SSSR count). The molecule has 0 saturated carbocycles. The Balaban J connectivity index is 1.62. The lowest BCUT2D eigenvalue weighted by Gasteiger charge is -2.40. The number of hydrogen-bond acceptors (Lipinski definition) is 9. The quantitative estimate of drug-likeness (QED) is 0.461. The molecule has 0 amide bonds. The summed E-state index contributed by atoms with van der Waals surface area (Å²) in [6.07, 6.45) is 4.01. The lowest BCUT2D eigenvalue weighted by molar-refractivity contribution is -0.125. The molecule has 1 atom stereocenters. The van der Waals surface area contributed by atoms with Crippen LogP contribution in [0.15, 0.2) is 23.4 Å². The summed E-state index contributed by atoms with van der Waals surface area (Å²) < 4.78 is 11.0. The number of ketones is 1. The monoisotopic (exact) mass is 485 g/mol. The molecule has 180 valence electrons. The number of fused-ring (bicyclic) bond motifs is 1. The first kappa shape index (κ1) is 24.0. The number of anilines is 1. The topological polar surface area (TPSA) is 128 Å². The van der Waals surface area contributed by atoms with E-state index in [4.69, 9.17) is 9.72 Å². The number of aromatic nitrogens is 4. The fourth-order valence-electron chi connectivity index (χ4n) is 4.14.